The molecule has 2 N–H and O–H groups in total. The molecule has 142 valence electrons. The summed E-state index contributed by atoms with van der Waals surface area (Å²) in [6, 6.07) is 13.3. The van der Waals surface area contributed by atoms with Crippen molar-refractivity contribution in [2.45, 2.75) is 45.2 Å². The number of aromatic amines is 1. The van der Waals surface area contributed by atoms with Crippen molar-refractivity contribution in [3.8, 4) is 0 Å². The van der Waals surface area contributed by atoms with E-state index in [0.717, 1.165) is 51.3 Å². The van der Waals surface area contributed by atoms with Crippen molar-refractivity contribution in [1.29, 1.82) is 0 Å². The minimum absolute atomic E-state index is 0.252. The zero-order chi connectivity index (χ0) is 18.4. The van der Waals surface area contributed by atoms with E-state index < -0.39 is 0 Å². The highest BCUT2D eigenvalue weighted by atomic mass is 16.3. The van der Waals surface area contributed by atoms with Crippen molar-refractivity contribution >= 4 is 0 Å². The fourth-order valence-electron chi connectivity index (χ4n) is 3.73. The molecule has 1 saturated heterocycles. The summed E-state index contributed by atoms with van der Waals surface area (Å²) in [6.07, 6.45) is 1.91. The van der Waals surface area contributed by atoms with Crippen molar-refractivity contribution in [3.63, 3.8) is 0 Å². The molecule has 0 radical (unpaired) electrons. The molecule has 1 aliphatic heterocycles. The molecular formula is C21H32N4O. The number of aliphatic hydroxyl groups excluding tert-OH is 1. The van der Waals surface area contributed by atoms with E-state index in [1.54, 1.807) is 0 Å². The smallest absolute Gasteiger partial charge is 0.0650 e. The third-order valence-corrected chi connectivity index (χ3v) is 5.32. The number of nitrogens with zero attached hydrogens (tertiary/aromatic N) is 3. The van der Waals surface area contributed by atoms with Gasteiger partial charge in [-0.15, -0.1) is 0 Å². The van der Waals surface area contributed by atoms with E-state index in [1.165, 1.54) is 11.3 Å². The number of aliphatic hydroxyl groups is 1. The van der Waals surface area contributed by atoms with Crippen LogP contribution in [0.1, 0.15) is 43.1 Å². The predicted molar refractivity (Wildman–Crippen MR) is 105 cm³/mol. The Labute approximate surface area is 157 Å². The van der Waals surface area contributed by atoms with Crippen LogP contribution in [0.4, 0.5) is 0 Å². The normalized spacial score (nSPS) is 19.3. The summed E-state index contributed by atoms with van der Waals surface area (Å²) in [7, 11) is 0. The molecule has 0 spiro atoms. The summed E-state index contributed by atoms with van der Waals surface area (Å²) in [5.41, 5.74) is 3.71. The molecule has 2 aromatic rings. The Kier molecular flexibility index (Phi) is 6.83. The summed E-state index contributed by atoms with van der Waals surface area (Å²) < 4.78 is 0. The van der Waals surface area contributed by atoms with E-state index in [1.807, 2.05) is 0 Å². The summed E-state index contributed by atoms with van der Waals surface area (Å²) in [5, 5.41) is 17.1. The highest BCUT2D eigenvalue weighted by Crippen LogP contribution is 2.18. The maximum absolute atomic E-state index is 9.50. The summed E-state index contributed by atoms with van der Waals surface area (Å²) in [4.78, 5) is 5.03. The van der Waals surface area contributed by atoms with Crippen molar-refractivity contribution in [2.75, 3.05) is 32.8 Å². The van der Waals surface area contributed by atoms with E-state index in [0.29, 0.717) is 12.0 Å². The Morgan fingerprint density at radius 1 is 1.23 bits per heavy atom. The summed E-state index contributed by atoms with van der Waals surface area (Å²) in [6.45, 7) is 9.69. The standard InChI is InChI=1S/C21H32N4O/c1-17(2)21-14-19(22-23-21)15-24-11-12-25(20(16-24)9-13-26)10-8-18-6-4-3-5-7-18/h3-7,14,17,20,26H,8-13,15-16H2,1-2H3,(H,22,23)/t20-/m0/s1. The molecule has 1 atom stereocenters. The van der Waals surface area contributed by atoms with Gasteiger partial charge in [0.1, 0.15) is 0 Å². The first-order valence-electron chi connectivity index (χ1n) is 9.81. The fraction of sp³-hybridized carbons (Fsp3) is 0.571. The van der Waals surface area contributed by atoms with Crippen LogP contribution < -0.4 is 0 Å². The third kappa shape index (κ3) is 5.16. The van der Waals surface area contributed by atoms with Gasteiger partial charge in [-0.25, -0.2) is 0 Å². The first-order valence-corrected chi connectivity index (χ1v) is 9.81. The van der Waals surface area contributed by atoms with Gasteiger partial charge in [0.2, 0.25) is 0 Å². The second-order valence-corrected chi connectivity index (χ2v) is 7.65. The molecule has 5 heteroatoms. The lowest BCUT2D eigenvalue weighted by Crippen LogP contribution is -2.53. The number of benzene rings is 1. The van der Waals surface area contributed by atoms with Gasteiger partial charge in [0, 0.05) is 51.1 Å². The number of H-pyrrole nitrogens is 1. The van der Waals surface area contributed by atoms with Gasteiger partial charge in [-0.3, -0.25) is 14.9 Å². The lowest BCUT2D eigenvalue weighted by atomic mass is 10.1. The van der Waals surface area contributed by atoms with E-state index in [2.05, 4.69) is 70.2 Å². The molecule has 0 amide bonds. The van der Waals surface area contributed by atoms with Gasteiger partial charge in [-0.05, 0) is 30.4 Å². The average molecular weight is 357 g/mol. The SMILES string of the molecule is CC(C)c1cc(CN2CCN(CCc3ccccc3)[C@@H](CCO)C2)[nH]n1. The minimum Gasteiger partial charge on any atom is -0.396 e. The third-order valence-electron chi connectivity index (χ3n) is 5.32. The van der Waals surface area contributed by atoms with E-state index >= 15 is 0 Å². The molecule has 5 nitrogen and oxygen atoms in total. The van der Waals surface area contributed by atoms with Crippen LogP contribution >= 0.6 is 0 Å². The molecule has 1 aromatic heterocycles. The average Bonchev–Trinajstić information content (AvgIpc) is 3.11. The summed E-state index contributed by atoms with van der Waals surface area (Å²) in [5.74, 6) is 0.456. The fourth-order valence-corrected chi connectivity index (χ4v) is 3.73. The van der Waals surface area contributed by atoms with Crippen LogP contribution in [0.5, 0.6) is 0 Å². The van der Waals surface area contributed by atoms with Crippen LogP contribution in [-0.2, 0) is 13.0 Å². The molecule has 2 heterocycles. The number of nitrogens with one attached hydrogen (secondary N) is 1. The van der Waals surface area contributed by atoms with Gasteiger partial charge in [-0.2, -0.15) is 5.10 Å². The molecule has 1 aliphatic rings. The van der Waals surface area contributed by atoms with Crippen LogP contribution in [0.3, 0.4) is 0 Å². The predicted octanol–water partition coefficient (Wildman–Crippen LogP) is 2.64. The van der Waals surface area contributed by atoms with E-state index in [9.17, 15) is 5.11 Å². The van der Waals surface area contributed by atoms with Crippen LogP contribution in [0.15, 0.2) is 36.4 Å². The van der Waals surface area contributed by atoms with Gasteiger partial charge in [0.05, 0.1) is 5.69 Å². The topological polar surface area (TPSA) is 55.4 Å². The molecule has 0 bridgehead atoms. The Bertz CT molecular complexity index is 655. The van der Waals surface area contributed by atoms with Crippen LogP contribution in [-0.4, -0.2) is 63.9 Å². The zero-order valence-electron chi connectivity index (χ0n) is 16.1. The number of hydrogen-bond acceptors (Lipinski definition) is 4. The molecule has 0 saturated carbocycles. The molecular weight excluding hydrogens is 324 g/mol. The van der Waals surface area contributed by atoms with Crippen molar-refractivity contribution < 1.29 is 5.11 Å². The van der Waals surface area contributed by atoms with Gasteiger partial charge in [0.15, 0.2) is 0 Å². The minimum atomic E-state index is 0.252. The quantitative estimate of drug-likeness (QED) is 0.763. The highest BCUT2D eigenvalue weighted by Gasteiger charge is 2.26. The van der Waals surface area contributed by atoms with Gasteiger partial charge >= 0.3 is 0 Å². The van der Waals surface area contributed by atoms with Crippen molar-refractivity contribution in [2.24, 2.45) is 0 Å². The molecule has 1 aromatic carbocycles. The monoisotopic (exact) mass is 356 g/mol. The Hall–Kier alpha value is -1.69. The zero-order valence-corrected chi connectivity index (χ0v) is 16.1. The van der Waals surface area contributed by atoms with Crippen LogP contribution in [0.2, 0.25) is 0 Å². The second-order valence-electron chi connectivity index (χ2n) is 7.65. The number of hydrogen-bond donors (Lipinski definition) is 2. The van der Waals surface area contributed by atoms with E-state index in [-0.39, 0.29) is 6.61 Å². The first kappa shape index (κ1) is 19.1. The van der Waals surface area contributed by atoms with Crippen LogP contribution in [0.25, 0.3) is 0 Å². The molecule has 1 fully saturated rings. The highest BCUT2D eigenvalue weighted by molar-refractivity contribution is 5.15. The van der Waals surface area contributed by atoms with E-state index in [4.69, 9.17) is 0 Å². The lowest BCUT2D eigenvalue weighted by molar-refractivity contribution is 0.0556. The van der Waals surface area contributed by atoms with Crippen LogP contribution in [0, 0.1) is 0 Å². The number of aromatic nitrogens is 2. The number of rotatable bonds is 8. The molecule has 3 rings (SSSR count). The lowest BCUT2D eigenvalue weighted by Gasteiger charge is -2.41. The van der Waals surface area contributed by atoms with Crippen molar-refractivity contribution in [1.82, 2.24) is 20.0 Å². The second kappa shape index (κ2) is 9.31. The Morgan fingerprint density at radius 3 is 2.73 bits per heavy atom. The molecule has 0 unspecified atom stereocenters. The number of piperazine rings is 1. The summed E-state index contributed by atoms with van der Waals surface area (Å²) >= 11 is 0. The Morgan fingerprint density at radius 2 is 2.04 bits per heavy atom. The maximum atomic E-state index is 9.50. The first-order chi connectivity index (χ1) is 12.7. The van der Waals surface area contributed by atoms with Gasteiger partial charge < -0.3 is 5.11 Å². The largest absolute Gasteiger partial charge is 0.396 e. The molecule has 26 heavy (non-hydrogen) atoms. The van der Waals surface area contributed by atoms with Crippen molar-refractivity contribution in [3.05, 3.63) is 53.3 Å². The molecule has 0 aliphatic carbocycles. The van der Waals surface area contributed by atoms with Gasteiger partial charge in [-0.1, -0.05) is 44.2 Å². The van der Waals surface area contributed by atoms with Gasteiger partial charge in [0.25, 0.3) is 0 Å². The maximum Gasteiger partial charge on any atom is 0.0650 e. The Balaban J connectivity index is 1.54.